The van der Waals surface area contributed by atoms with Crippen LogP contribution in [0.2, 0.25) is 5.28 Å². The minimum atomic E-state index is 0.168. The molecule has 2 aromatic rings. The average molecular weight is 310 g/mol. The predicted octanol–water partition coefficient (Wildman–Crippen LogP) is 3.81. The molecule has 1 aromatic heterocycles. The standard InChI is InChI=1S/C13H16ClN5S/c1-3-8-15-12-17-11(14)18-13(19-12)16-9-4-6-10(20-2)7-5-9/h4-7H,3,8H2,1-2H3,(H2,15,16,17,18,19). The third-order valence-electron chi connectivity index (χ3n) is 2.49. The number of hydrogen-bond donors (Lipinski definition) is 2. The largest absolute Gasteiger partial charge is 0.354 e. The molecule has 0 spiro atoms. The number of aromatic nitrogens is 3. The molecule has 1 heterocycles. The Morgan fingerprint density at radius 3 is 2.45 bits per heavy atom. The Morgan fingerprint density at radius 1 is 1.10 bits per heavy atom. The lowest BCUT2D eigenvalue weighted by atomic mass is 10.3. The van der Waals surface area contributed by atoms with Crippen LogP contribution in [-0.2, 0) is 0 Å². The second kappa shape index (κ2) is 7.31. The Morgan fingerprint density at radius 2 is 1.80 bits per heavy atom. The second-order valence-electron chi connectivity index (χ2n) is 4.03. The lowest BCUT2D eigenvalue weighted by Crippen LogP contribution is -2.07. The molecular formula is C13H16ClN5S. The van der Waals surface area contributed by atoms with Gasteiger partial charge in [-0.1, -0.05) is 6.92 Å². The SMILES string of the molecule is CCCNc1nc(Cl)nc(Nc2ccc(SC)cc2)n1. The van der Waals surface area contributed by atoms with E-state index < -0.39 is 0 Å². The Hall–Kier alpha value is -1.53. The number of hydrogen-bond acceptors (Lipinski definition) is 6. The summed E-state index contributed by atoms with van der Waals surface area (Å²) in [6, 6.07) is 8.02. The van der Waals surface area contributed by atoms with Crippen LogP contribution in [0.15, 0.2) is 29.2 Å². The zero-order valence-electron chi connectivity index (χ0n) is 11.4. The van der Waals surface area contributed by atoms with Gasteiger partial charge in [-0.25, -0.2) is 0 Å². The minimum Gasteiger partial charge on any atom is -0.354 e. The Bertz CT molecular complexity index is 561. The molecule has 0 aliphatic rings. The molecule has 0 aliphatic heterocycles. The molecule has 106 valence electrons. The van der Waals surface area contributed by atoms with E-state index in [-0.39, 0.29) is 5.28 Å². The number of halogens is 1. The second-order valence-corrected chi connectivity index (χ2v) is 5.25. The topological polar surface area (TPSA) is 62.7 Å². The summed E-state index contributed by atoms with van der Waals surface area (Å²) in [5.41, 5.74) is 0.909. The highest BCUT2D eigenvalue weighted by atomic mass is 35.5. The summed E-state index contributed by atoms with van der Waals surface area (Å²) in [7, 11) is 0. The Kier molecular flexibility index (Phi) is 5.43. The summed E-state index contributed by atoms with van der Waals surface area (Å²) in [6.45, 7) is 2.87. The molecule has 0 saturated heterocycles. The number of thioether (sulfide) groups is 1. The average Bonchev–Trinajstić information content (AvgIpc) is 2.45. The first-order valence-electron chi connectivity index (χ1n) is 6.28. The van der Waals surface area contributed by atoms with Gasteiger partial charge in [0.25, 0.3) is 0 Å². The lowest BCUT2D eigenvalue weighted by Gasteiger charge is -2.08. The van der Waals surface area contributed by atoms with Gasteiger partial charge in [-0.15, -0.1) is 11.8 Å². The van der Waals surface area contributed by atoms with E-state index >= 15 is 0 Å². The van der Waals surface area contributed by atoms with Gasteiger partial charge in [0, 0.05) is 17.1 Å². The molecule has 0 bridgehead atoms. The normalized spacial score (nSPS) is 10.3. The fourth-order valence-corrected chi connectivity index (χ4v) is 2.09. The minimum absolute atomic E-state index is 0.168. The molecule has 1 aromatic carbocycles. The maximum absolute atomic E-state index is 5.90. The van der Waals surface area contributed by atoms with Crippen molar-refractivity contribution in [2.75, 3.05) is 23.4 Å². The monoisotopic (exact) mass is 309 g/mol. The highest BCUT2D eigenvalue weighted by Crippen LogP contribution is 2.20. The van der Waals surface area contributed by atoms with E-state index in [2.05, 4.69) is 32.5 Å². The molecule has 2 rings (SSSR count). The first-order chi connectivity index (χ1) is 9.71. The van der Waals surface area contributed by atoms with Crippen LogP contribution in [0.3, 0.4) is 0 Å². The zero-order chi connectivity index (χ0) is 14.4. The molecule has 2 N–H and O–H groups in total. The van der Waals surface area contributed by atoms with Crippen molar-refractivity contribution in [3.63, 3.8) is 0 Å². The van der Waals surface area contributed by atoms with Crippen molar-refractivity contribution < 1.29 is 0 Å². The molecular weight excluding hydrogens is 294 g/mol. The summed E-state index contributed by atoms with van der Waals surface area (Å²) in [4.78, 5) is 13.6. The van der Waals surface area contributed by atoms with Crippen LogP contribution in [0.1, 0.15) is 13.3 Å². The van der Waals surface area contributed by atoms with Crippen molar-refractivity contribution in [3.8, 4) is 0 Å². The van der Waals surface area contributed by atoms with E-state index in [1.54, 1.807) is 11.8 Å². The summed E-state index contributed by atoms with van der Waals surface area (Å²) in [5.74, 6) is 0.913. The van der Waals surface area contributed by atoms with Gasteiger partial charge in [-0.2, -0.15) is 15.0 Å². The van der Waals surface area contributed by atoms with Crippen LogP contribution in [0.25, 0.3) is 0 Å². The molecule has 0 aliphatic carbocycles. The molecule has 0 amide bonds. The van der Waals surface area contributed by atoms with Gasteiger partial charge >= 0.3 is 0 Å². The third kappa shape index (κ3) is 4.25. The van der Waals surface area contributed by atoms with E-state index in [0.717, 1.165) is 18.7 Å². The smallest absolute Gasteiger partial charge is 0.233 e. The molecule has 5 nitrogen and oxygen atoms in total. The highest BCUT2D eigenvalue weighted by Gasteiger charge is 2.05. The summed E-state index contributed by atoms with van der Waals surface area (Å²) >= 11 is 7.59. The van der Waals surface area contributed by atoms with Gasteiger partial charge < -0.3 is 10.6 Å². The van der Waals surface area contributed by atoms with E-state index in [1.807, 2.05) is 30.5 Å². The molecule has 0 unspecified atom stereocenters. The van der Waals surface area contributed by atoms with E-state index in [0.29, 0.717) is 11.9 Å². The predicted molar refractivity (Wildman–Crippen MR) is 85.1 cm³/mol. The lowest BCUT2D eigenvalue weighted by molar-refractivity contribution is 0.940. The van der Waals surface area contributed by atoms with Gasteiger partial charge in [0.1, 0.15) is 0 Å². The van der Waals surface area contributed by atoms with Crippen molar-refractivity contribution in [3.05, 3.63) is 29.5 Å². The van der Waals surface area contributed by atoms with Gasteiger partial charge in [0.2, 0.25) is 17.2 Å². The van der Waals surface area contributed by atoms with Crippen molar-refractivity contribution in [2.24, 2.45) is 0 Å². The molecule has 0 saturated carbocycles. The van der Waals surface area contributed by atoms with Crippen molar-refractivity contribution in [1.82, 2.24) is 15.0 Å². The first-order valence-corrected chi connectivity index (χ1v) is 7.88. The van der Waals surface area contributed by atoms with Crippen molar-refractivity contribution in [1.29, 1.82) is 0 Å². The summed E-state index contributed by atoms with van der Waals surface area (Å²) in [6.07, 6.45) is 3.03. The number of nitrogens with one attached hydrogen (secondary N) is 2. The third-order valence-corrected chi connectivity index (χ3v) is 3.40. The van der Waals surface area contributed by atoms with Crippen LogP contribution >= 0.6 is 23.4 Å². The number of anilines is 3. The Labute approximate surface area is 127 Å². The first kappa shape index (κ1) is 14.9. The van der Waals surface area contributed by atoms with Crippen LogP contribution < -0.4 is 10.6 Å². The summed E-state index contributed by atoms with van der Waals surface area (Å²) < 4.78 is 0. The van der Waals surface area contributed by atoms with Gasteiger partial charge in [0.05, 0.1) is 0 Å². The Balaban J connectivity index is 2.12. The molecule has 0 fully saturated rings. The van der Waals surface area contributed by atoms with Crippen LogP contribution in [0, 0.1) is 0 Å². The number of benzene rings is 1. The molecule has 0 radical (unpaired) electrons. The van der Waals surface area contributed by atoms with Crippen molar-refractivity contribution in [2.45, 2.75) is 18.2 Å². The maximum atomic E-state index is 5.90. The van der Waals surface area contributed by atoms with Crippen LogP contribution in [-0.4, -0.2) is 27.8 Å². The molecule has 20 heavy (non-hydrogen) atoms. The maximum Gasteiger partial charge on any atom is 0.233 e. The number of rotatable bonds is 6. The highest BCUT2D eigenvalue weighted by molar-refractivity contribution is 7.98. The fraction of sp³-hybridized carbons (Fsp3) is 0.308. The van der Waals surface area contributed by atoms with E-state index in [1.165, 1.54) is 4.90 Å². The quantitative estimate of drug-likeness (QED) is 0.791. The number of nitrogens with zero attached hydrogens (tertiary/aromatic N) is 3. The van der Waals surface area contributed by atoms with Gasteiger partial charge in [-0.05, 0) is 48.5 Å². The fourth-order valence-electron chi connectivity index (χ4n) is 1.53. The van der Waals surface area contributed by atoms with E-state index in [4.69, 9.17) is 11.6 Å². The van der Waals surface area contributed by atoms with Gasteiger partial charge in [-0.3, -0.25) is 0 Å². The van der Waals surface area contributed by atoms with Crippen LogP contribution in [0.5, 0.6) is 0 Å². The van der Waals surface area contributed by atoms with Gasteiger partial charge in [0.15, 0.2) is 0 Å². The summed E-state index contributed by atoms with van der Waals surface area (Å²) in [5, 5.41) is 6.37. The van der Waals surface area contributed by atoms with Crippen molar-refractivity contribution >= 4 is 40.9 Å². The zero-order valence-corrected chi connectivity index (χ0v) is 12.9. The molecule has 7 heteroatoms. The molecule has 0 atom stereocenters. The van der Waals surface area contributed by atoms with Crippen LogP contribution in [0.4, 0.5) is 17.6 Å². The van der Waals surface area contributed by atoms with E-state index in [9.17, 15) is 0 Å².